The van der Waals surface area contributed by atoms with Gasteiger partial charge in [-0.3, -0.25) is 9.59 Å². The van der Waals surface area contributed by atoms with E-state index >= 15 is 0 Å². The first kappa shape index (κ1) is 14.9. The number of likely N-dealkylation sites (tertiary alicyclic amines) is 1. The Bertz CT molecular complexity index is 236. The van der Waals surface area contributed by atoms with Gasteiger partial charge in [0.1, 0.15) is 6.04 Å². The van der Waals surface area contributed by atoms with E-state index in [1.807, 2.05) is 0 Å². The maximum absolute atomic E-state index is 10.6. The molecule has 1 rings (SSSR count). The number of nitrogens with two attached hydrogens (primary N) is 2. The molecule has 0 aliphatic carbocycles. The van der Waals surface area contributed by atoms with Crippen LogP contribution in [0.4, 0.5) is 0 Å². The minimum Gasteiger partial charge on any atom is -0.368 e. The van der Waals surface area contributed by atoms with Gasteiger partial charge in [-0.15, -0.1) is 0 Å². The van der Waals surface area contributed by atoms with Crippen LogP contribution in [0.3, 0.4) is 0 Å². The molecule has 1 heterocycles. The van der Waals surface area contributed by atoms with Gasteiger partial charge < -0.3 is 16.4 Å². The fraction of sp³-hybridized carbons (Fsp3) is 0.818. The van der Waals surface area contributed by atoms with Crippen molar-refractivity contribution >= 4 is 12.3 Å². The largest absolute Gasteiger partial charge is 0.368 e. The van der Waals surface area contributed by atoms with Crippen LogP contribution in [-0.2, 0) is 9.59 Å². The normalized spacial score (nSPS) is 20.0. The average molecular weight is 229 g/mol. The van der Waals surface area contributed by atoms with E-state index in [0.717, 1.165) is 13.0 Å². The highest BCUT2D eigenvalue weighted by Crippen LogP contribution is 2.13. The SMILES string of the molecule is CC(C)(C)CN.NC(=O)C1CCCN1C=O. The summed E-state index contributed by atoms with van der Waals surface area (Å²) in [7, 11) is 0. The quantitative estimate of drug-likeness (QED) is 0.657. The molecular weight excluding hydrogens is 206 g/mol. The van der Waals surface area contributed by atoms with Crippen molar-refractivity contribution in [2.45, 2.75) is 39.7 Å². The maximum atomic E-state index is 10.6. The molecule has 0 aromatic heterocycles. The van der Waals surface area contributed by atoms with E-state index in [2.05, 4.69) is 20.8 Å². The van der Waals surface area contributed by atoms with E-state index in [4.69, 9.17) is 11.5 Å². The van der Waals surface area contributed by atoms with Crippen LogP contribution < -0.4 is 11.5 Å². The number of rotatable bonds is 2. The van der Waals surface area contributed by atoms with E-state index in [1.54, 1.807) is 0 Å². The van der Waals surface area contributed by atoms with Gasteiger partial charge in [0.25, 0.3) is 0 Å². The second-order valence-corrected chi connectivity index (χ2v) is 5.17. The minimum absolute atomic E-state index is 0.319. The molecule has 1 atom stereocenters. The average Bonchev–Trinajstić information content (AvgIpc) is 2.65. The zero-order valence-electron chi connectivity index (χ0n) is 10.4. The first-order chi connectivity index (χ1) is 7.31. The zero-order chi connectivity index (χ0) is 12.8. The lowest BCUT2D eigenvalue weighted by molar-refractivity contribution is -0.128. The topological polar surface area (TPSA) is 89.4 Å². The molecule has 2 amide bonds. The summed E-state index contributed by atoms with van der Waals surface area (Å²) in [5.41, 5.74) is 10.6. The second-order valence-electron chi connectivity index (χ2n) is 5.17. The Morgan fingerprint density at radius 3 is 2.25 bits per heavy atom. The molecule has 1 saturated heterocycles. The Morgan fingerprint density at radius 1 is 1.50 bits per heavy atom. The van der Waals surface area contributed by atoms with Crippen LogP contribution in [0.5, 0.6) is 0 Å². The summed E-state index contributed by atoms with van der Waals surface area (Å²) < 4.78 is 0. The van der Waals surface area contributed by atoms with Crippen molar-refractivity contribution in [2.24, 2.45) is 16.9 Å². The maximum Gasteiger partial charge on any atom is 0.240 e. The van der Waals surface area contributed by atoms with E-state index < -0.39 is 5.91 Å². The molecule has 0 radical (unpaired) electrons. The molecule has 1 unspecified atom stereocenters. The predicted molar refractivity (Wildman–Crippen MR) is 63.5 cm³/mol. The second kappa shape index (κ2) is 6.48. The Morgan fingerprint density at radius 2 is 2.00 bits per heavy atom. The van der Waals surface area contributed by atoms with E-state index in [1.165, 1.54) is 4.90 Å². The molecule has 1 aliphatic heterocycles. The van der Waals surface area contributed by atoms with Crippen molar-refractivity contribution in [1.82, 2.24) is 4.90 Å². The summed E-state index contributed by atoms with van der Waals surface area (Å²) in [6.45, 7) is 7.79. The number of carbonyl (C=O) groups is 2. The summed E-state index contributed by atoms with van der Waals surface area (Å²) in [6, 6.07) is -0.350. The van der Waals surface area contributed by atoms with Gasteiger partial charge in [0.15, 0.2) is 0 Å². The summed E-state index contributed by atoms with van der Waals surface area (Å²) >= 11 is 0. The molecule has 5 nitrogen and oxygen atoms in total. The summed E-state index contributed by atoms with van der Waals surface area (Å²) in [6.07, 6.45) is 2.28. The third-order valence-electron chi connectivity index (χ3n) is 2.37. The van der Waals surface area contributed by atoms with Crippen LogP contribution in [0, 0.1) is 5.41 Å². The summed E-state index contributed by atoms with van der Waals surface area (Å²) in [5.74, 6) is -0.399. The van der Waals surface area contributed by atoms with Crippen LogP contribution in [-0.4, -0.2) is 36.3 Å². The number of hydrogen-bond donors (Lipinski definition) is 2. The number of hydrogen-bond acceptors (Lipinski definition) is 3. The molecule has 0 spiro atoms. The summed E-state index contributed by atoms with van der Waals surface area (Å²) in [5, 5.41) is 0. The molecular formula is C11H23N3O2. The molecule has 94 valence electrons. The van der Waals surface area contributed by atoms with Crippen LogP contribution in [0.25, 0.3) is 0 Å². The lowest BCUT2D eigenvalue weighted by atomic mass is 9.98. The summed E-state index contributed by atoms with van der Waals surface area (Å²) in [4.78, 5) is 22.3. The van der Waals surface area contributed by atoms with Crippen molar-refractivity contribution in [3.63, 3.8) is 0 Å². The van der Waals surface area contributed by atoms with Crippen LogP contribution in [0.2, 0.25) is 0 Å². The molecule has 4 N–H and O–H groups in total. The third-order valence-corrected chi connectivity index (χ3v) is 2.37. The first-order valence-corrected chi connectivity index (χ1v) is 5.52. The van der Waals surface area contributed by atoms with Crippen LogP contribution in [0.15, 0.2) is 0 Å². The van der Waals surface area contributed by atoms with Gasteiger partial charge in [-0.25, -0.2) is 0 Å². The number of amides is 2. The van der Waals surface area contributed by atoms with Crippen molar-refractivity contribution in [3.8, 4) is 0 Å². The van der Waals surface area contributed by atoms with Crippen molar-refractivity contribution in [2.75, 3.05) is 13.1 Å². The van der Waals surface area contributed by atoms with Crippen LogP contribution >= 0.6 is 0 Å². The van der Waals surface area contributed by atoms with Gasteiger partial charge in [0.2, 0.25) is 12.3 Å². The predicted octanol–water partition coefficient (Wildman–Crippen LogP) is 0.0837. The van der Waals surface area contributed by atoms with Gasteiger partial charge >= 0.3 is 0 Å². The number of nitrogens with zero attached hydrogens (tertiary/aromatic N) is 1. The van der Waals surface area contributed by atoms with Gasteiger partial charge in [0, 0.05) is 6.54 Å². The van der Waals surface area contributed by atoms with E-state index in [0.29, 0.717) is 24.8 Å². The monoisotopic (exact) mass is 229 g/mol. The fourth-order valence-electron chi connectivity index (χ4n) is 1.22. The van der Waals surface area contributed by atoms with Crippen molar-refractivity contribution in [3.05, 3.63) is 0 Å². The highest BCUT2D eigenvalue weighted by Gasteiger charge is 2.27. The van der Waals surface area contributed by atoms with Crippen LogP contribution in [0.1, 0.15) is 33.6 Å². The van der Waals surface area contributed by atoms with Gasteiger partial charge in [-0.1, -0.05) is 20.8 Å². The lowest BCUT2D eigenvalue weighted by Crippen LogP contribution is -2.39. The standard InChI is InChI=1S/C6H10N2O2.C5H13N/c7-6(10)5-2-1-3-8(5)4-9;1-5(2,3)4-6/h4-5H,1-3H2,(H2,7,10);4,6H2,1-3H3. The molecule has 5 heteroatoms. The minimum atomic E-state index is -0.399. The van der Waals surface area contributed by atoms with Gasteiger partial charge in [0.05, 0.1) is 0 Å². The molecule has 1 fully saturated rings. The molecule has 1 aliphatic rings. The number of carbonyl (C=O) groups excluding carboxylic acids is 2. The Hall–Kier alpha value is -1.10. The Labute approximate surface area is 97.2 Å². The number of primary amides is 1. The molecule has 16 heavy (non-hydrogen) atoms. The smallest absolute Gasteiger partial charge is 0.240 e. The highest BCUT2D eigenvalue weighted by molar-refractivity contribution is 5.82. The van der Waals surface area contributed by atoms with E-state index in [9.17, 15) is 9.59 Å². The highest BCUT2D eigenvalue weighted by atomic mass is 16.2. The molecule has 0 bridgehead atoms. The lowest BCUT2D eigenvalue weighted by Gasteiger charge is -2.15. The van der Waals surface area contributed by atoms with Crippen molar-refractivity contribution in [1.29, 1.82) is 0 Å². The molecule has 0 saturated carbocycles. The molecule has 0 aromatic carbocycles. The molecule has 0 aromatic rings. The Kier molecular flexibility index (Phi) is 6.03. The van der Waals surface area contributed by atoms with Gasteiger partial charge in [-0.05, 0) is 24.8 Å². The Balaban J connectivity index is 0.000000325. The third kappa shape index (κ3) is 5.70. The van der Waals surface area contributed by atoms with Crippen molar-refractivity contribution < 1.29 is 9.59 Å². The van der Waals surface area contributed by atoms with Gasteiger partial charge in [-0.2, -0.15) is 0 Å². The first-order valence-electron chi connectivity index (χ1n) is 5.52. The fourth-order valence-corrected chi connectivity index (χ4v) is 1.22. The van der Waals surface area contributed by atoms with E-state index in [-0.39, 0.29) is 6.04 Å². The zero-order valence-corrected chi connectivity index (χ0v) is 10.4.